The Bertz CT molecular complexity index is 708. The molecule has 4 nitrogen and oxygen atoms in total. The number of hydrogen-bond acceptors (Lipinski definition) is 4. The SMILES string of the molecule is CC(NCC(O)c1ccc(F)cc1F)c1ccc2c(c1)OCO2. The first kappa shape index (κ1) is 15.7. The van der Waals surface area contributed by atoms with Gasteiger partial charge in [-0.25, -0.2) is 8.78 Å². The van der Waals surface area contributed by atoms with Crippen molar-refractivity contribution >= 4 is 0 Å². The van der Waals surface area contributed by atoms with Gasteiger partial charge in [-0.05, 0) is 30.7 Å². The second-order valence-corrected chi connectivity index (χ2v) is 5.42. The maximum absolute atomic E-state index is 13.6. The van der Waals surface area contributed by atoms with Crippen molar-refractivity contribution in [2.45, 2.75) is 19.1 Å². The maximum Gasteiger partial charge on any atom is 0.231 e. The smallest absolute Gasteiger partial charge is 0.231 e. The molecule has 23 heavy (non-hydrogen) atoms. The number of benzene rings is 2. The number of nitrogens with one attached hydrogen (secondary N) is 1. The lowest BCUT2D eigenvalue weighted by Crippen LogP contribution is -2.25. The maximum atomic E-state index is 13.6. The van der Waals surface area contributed by atoms with Crippen LogP contribution in [-0.2, 0) is 0 Å². The Hall–Kier alpha value is -2.18. The minimum atomic E-state index is -1.06. The summed E-state index contributed by atoms with van der Waals surface area (Å²) in [5.74, 6) is -0.0363. The van der Waals surface area contributed by atoms with Crippen LogP contribution in [0.4, 0.5) is 8.78 Å². The van der Waals surface area contributed by atoms with Crippen molar-refractivity contribution in [1.29, 1.82) is 0 Å². The van der Waals surface area contributed by atoms with Crippen LogP contribution in [-0.4, -0.2) is 18.4 Å². The van der Waals surface area contributed by atoms with E-state index in [1.807, 2.05) is 25.1 Å². The highest BCUT2D eigenvalue weighted by atomic mass is 19.1. The van der Waals surface area contributed by atoms with E-state index in [4.69, 9.17) is 9.47 Å². The molecule has 3 rings (SSSR count). The quantitative estimate of drug-likeness (QED) is 0.888. The van der Waals surface area contributed by atoms with Gasteiger partial charge in [-0.1, -0.05) is 12.1 Å². The van der Waals surface area contributed by atoms with Gasteiger partial charge in [0.1, 0.15) is 11.6 Å². The van der Waals surface area contributed by atoms with Crippen LogP contribution in [0.3, 0.4) is 0 Å². The standard InChI is InChI=1S/C17H17F2NO3/c1-10(11-2-5-16-17(6-11)23-9-22-16)20-8-15(21)13-4-3-12(18)7-14(13)19/h2-7,10,15,20-21H,8-9H2,1H3. The molecular weight excluding hydrogens is 304 g/mol. The van der Waals surface area contributed by atoms with Crippen molar-refractivity contribution in [3.8, 4) is 11.5 Å². The Morgan fingerprint density at radius 3 is 2.70 bits per heavy atom. The molecule has 6 heteroatoms. The first-order valence-corrected chi connectivity index (χ1v) is 7.30. The molecule has 0 saturated heterocycles. The van der Waals surface area contributed by atoms with Gasteiger partial charge in [0.05, 0.1) is 6.10 Å². The van der Waals surface area contributed by atoms with Gasteiger partial charge in [0.15, 0.2) is 11.5 Å². The van der Waals surface area contributed by atoms with E-state index in [-0.39, 0.29) is 24.9 Å². The van der Waals surface area contributed by atoms with E-state index in [2.05, 4.69) is 5.32 Å². The predicted octanol–water partition coefficient (Wildman–Crippen LogP) is 3.08. The summed E-state index contributed by atoms with van der Waals surface area (Å²) in [4.78, 5) is 0. The van der Waals surface area contributed by atoms with Crippen LogP contribution in [0.2, 0.25) is 0 Å². The number of ether oxygens (including phenoxy) is 2. The van der Waals surface area contributed by atoms with Crippen molar-refractivity contribution in [2.24, 2.45) is 0 Å². The fraction of sp³-hybridized carbons (Fsp3) is 0.294. The number of fused-ring (bicyclic) bond motifs is 1. The molecule has 1 aliphatic rings. The lowest BCUT2D eigenvalue weighted by atomic mass is 10.1. The highest BCUT2D eigenvalue weighted by molar-refractivity contribution is 5.45. The predicted molar refractivity (Wildman–Crippen MR) is 80.3 cm³/mol. The van der Waals surface area contributed by atoms with Crippen LogP contribution in [0, 0.1) is 11.6 Å². The minimum Gasteiger partial charge on any atom is -0.454 e. The molecule has 0 spiro atoms. The van der Waals surface area contributed by atoms with E-state index in [1.165, 1.54) is 6.07 Å². The lowest BCUT2D eigenvalue weighted by molar-refractivity contribution is 0.166. The van der Waals surface area contributed by atoms with Crippen LogP contribution >= 0.6 is 0 Å². The molecule has 2 aromatic rings. The summed E-state index contributed by atoms with van der Waals surface area (Å²) in [7, 11) is 0. The molecule has 2 aromatic carbocycles. The van der Waals surface area contributed by atoms with E-state index in [1.54, 1.807) is 0 Å². The second-order valence-electron chi connectivity index (χ2n) is 5.42. The summed E-state index contributed by atoms with van der Waals surface area (Å²) in [6, 6.07) is 8.65. The van der Waals surface area contributed by atoms with Crippen LogP contribution in [0.1, 0.15) is 30.2 Å². The average molecular weight is 321 g/mol. The van der Waals surface area contributed by atoms with E-state index in [0.29, 0.717) is 11.5 Å². The van der Waals surface area contributed by atoms with Gasteiger partial charge in [-0.15, -0.1) is 0 Å². The van der Waals surface area contributed by atoms with Crippen LogP contribution in [0.25, 0.3) is 0 Å². The molecule has 1 heterocycles. The molecule has 0 fully saturated rings. The van der Waals surface area contributed by atoms with E-state index < -0.39 is 17.7 Å². The Balaban J connectivity index is 1.63. The molecule has 0 saturated carbocycles. The van der Waals surface area contributed by atoms with Gasteiger partial charge in [-0.3, -0.25) is 0 Å². The van der Waals surface area contributed by atoms with Gasteiger partial charge < -0.3 is 19.9 Å². The third kappa shape index (κ3) is 3.43. The molecule has 122 valence electrons. The van der Waals surface area contributed by atoms with E-state index in [9.17, 15) is 13.9 Å². The number of aliphatic hydroxyl groups excluding tert-OH is 1. The van der Waals surface area contributed by atoms with Crippen molar-refractivity contribution in [3.63, 3.8) is 0 Å². The third-order valence-electron chi connectivity index (χ3n) is 3.84. The first-order chi connectivity index (χ1) is 11.0. The van der Waals surface area contributed by atoms with Gasteiger partial charge >= 0.3 is 0 Å². The largest absolute Gasteiger partial charge is 0.454 e. The third-order valence-corrected chi connectivity index (χ3v) is 3.84. The van der Waals surface area contributed by atoms with Crippen molar-refractivity contribution < 1.29 is 23.4 Å². The van der Waals surface area contributed by atoms with Crippen LogP contribution in [0.5, 0.6) is 11.5 Å². The summed E-state index contributed by atoms with van der Waals surface area (Å²) in [5.41, 5.74) is 1.03. The molecule has 2 unspecified atom stereocenters. The second kappa shape index (κ2) is 6.52. The molecule has 0 aromatic heterocycles. The molecule has 0 aliphatic carbocycles. The van der Waals surface area contributed by atoms with Crippen molar-refractivity contribution in [2.75, 3.05) is 13.3 Å². The van der Waals surface area contributed by atoms with Gasteiger partial charge in [0.2, 0.25) is 6.79 Å². The summed E-state index contributed by atoms with van der Waals surface area (Å²) in [6.07, 6.45) is -1.06. The van der Waals surface area contributed by atoms with Gasteiger partial charge in [0, 0.05) is 24.2 Å². The molecular formula is C17H17F2NO3. The lowest BCUT2D eigenvalue weighted by Gasteiger charge is -2.18. The normalized spacial score (nSPS) is 15.5. The summed E-state index contributed by atoms with van der Waals surface area (Å²) in [6.45, 7) is 2.27. The zero-order valence-electron chi connectivity index (χ0n) is 12.6. The van der Waals surface area contributed by atoms with Crippen molar-refractivity contribution in [1.82, 2.24) is 5.32 Å². The van der Waals surface area contributed by atoms with Crippen molar-refractivity contribution in [3.05, 3.63) is 59.2 Å². The zero-order chi connectivity index (χ0) is 16.4. The molecule has 2 N–H and O–H groups in total. The van der Waals surface area contributed by atoms with Gasteiger partial charge in [-0.2, -0.15) is 0 Å². The minimum absolute atomic E-state index is 0.0665. The summed E-state index contributed by atoms with van der Waals surface area (Å²) in [5, 5.41) is 13.2. The number of aliphatic hydroxyl groups is 1. The number of hydrogen-bond donors (Lipinski definition) is 2. The Kier molecular flexibility index (Phi) is 4.45. The topological polar surface area (TPSA) is 50.7 Å². The number of halogens is 2. The highest BCUT2D eigenvalue weighted by Gasteiger charge is 2.18. The Morgan fingerprint density at radius 1 is 1.13 bits per heavy atom. The van der Waals surface area contributed by atoms with Crippen LogP contribution in [0.15, 0.2) is 36.4 Å². The Morgan fingerprint density at radius 2 is 1.91 bits per heavy atom. The summed E-state index contributed by atoms with van der Waals surface area (Å²) < 4.78 is 37.1. The van der Waals surface area contributed by atoms with Gasteiger partial charge in [0.25, 0.3) is 0 Å². The molecule has 0 bridgehead atoms. The molecule has 2 atom stereocenters. The zero-order valence-corrected chi connectivity index (χ0v) is 12.6. The number of rotatable bonds is 5. The first-order valence-electron chi connectivity index (χ1n) is 7.30. The molecule has 1 aliphatic heterocycles. The fourth-order valence-corrected chi connectivity index (χ4v) is 2.47. The molecule has 0 amide bonds. The average Bonchev–Trinajstić information content (AvgIpc) is 2.99. The molecule has 0 radical (unpaired) electrons. The fourth-order valence-electron chi connectivity index (χ4n) is 2.47. The van der Waals surface area contributed by atoms with E-state index >= 15 is 0 Å². The van der Waals surface area contributed by atoms with E-state index in [0.717, 1.165) is 17.7 Å². The monoisotopic (exact) mass is 321 g/mol. The Labute approximate surface area is 132 Å². The van der Waals surface area contributed by atoms with Crippen LogP contribution < -0.4 is 14.8 Å². The summed E-state index contributed by atoms with van der Waals surface area (Å²) >= 11 is 0. The highest BCUT2D eigenvalue weighted by Crippen LogP contribution is 2.34.